The van der Waals surface area contributed by atoms with Gasteiger partial charge in [0.15, 0.2) is 0 Å². The Labute approximate surface area is 195 Å². The third-order valence-electron chi connectivity index (χ3n) is 5.28. The Hall–Kier alpha value is -3.78. The molecule has 0 spiro atoms. The molecular weight excluding hydrogens is 436 g/mol. The molecule has 1 aliphatic heterocycles. The van der Waals surface area contributed by atoms with E-state index < -0.39 is 6.09 Å². The molecule has 33 heavy (non-hydrogen) atoms. The smallest absolute Gasteiger partial charge is 0.417 e. The second-order valence-corrected chi connectivity index (χ2v) is 8.54. The van der Waals surface area contributed by atoms with Gasteiger partial charge in [-0.1, -0.05) is 12.1 Å². The number of aromatic nitrogens is 3. The fraction of sp³-hybridized carbons (Fsp3) is 0.160. The van der Waals surface area contributed by atoms with E-state index in [4.69, 9.17) is 14.6 Å². The third-order valence-corrected chi connectivity index (χ3v) is 6.46. The number of fused-ring (bicyclic) bond motifs is 1. The number of nitrogens with one attached hydrogen (secondary N) is 1. The van der Waals surface area contributed by atoms with E-state index in [0.29, 0.717) is 17.2 Å². The molecule has 8 heteroatoms. The minimum Gasteiger partial charge on any atom is -0.497 e. The van der Waals surface area contributed by atoms with Crippen LogP contribution in [0.5, 0.6) is 11.5 Å². The molecule has 1 aliphatic rings. The fourth-order valence-electron chi connectivity index (χ4n) is 3.75. The van der Waals surface area contributed by atoms with Crippen LogP contribution in [0.1, 0.15) is 6.42 Å². The second kappa shape index (κ2) is 9.38. The highest BCUT2D eigenvalue weighted by Crippen LogP contribution is 2.41. The van der Waals surface area contributed by atoms with E-state index in [1.807, 2.05) is 48.2 Å². The molecule has 5 rings (SSSR count). The molecule has 1 N–H and O–H groups in total. The average Bonchev–Trinajstić information content (AvgIpc) is 3.25. The van der Waals surface area contributed by atoms with Gasteiger partial charge in [0.1, 0.15) is 22.2 Å². The number of carbonyl (C=O) groups excluding carboxylic acids is 1. The Morgan fingerprint density at radius 1 is 1.03 bits per heavy atom. The summed E-state index contributed by atoms with van der Waals surface area (Å²) in [5.74, 6) is 2.20. The molecule has 0 atom stereocenters. The van der Waals surface area contributed by atoms with E-state index in [1.165, 1.54) is 5.03 Å². The van der Waals surface area contributed by atoms with E-state index in [9.17, 15) is 4.79 Å². The molecule has 0 fully saturated rings. The minimum absolute atomic E-state index is 0.434. The van der Waals surface area contributed by atoms with Gasteiger partial charge in [-0.25, -0.2) is 4.79 Å². The molecule has 0 saturated heterocycles. The van der Waals surface area contributed by atoms with Crippen LogP contribution in [0.15, 0.2) is 78.1 Å². The average molecular weight is 459 g/mol. The number of rotatable bonds is 5. The van der Waals surface area contributed by atoms with Gasteiger partial charge in [0.05, 0.1) is 7.11 Å². The van der Waals surface area contributed by atoms with Gasteiger partial charge >= 0.3 is 6.09 Å². The summed E-state index contributed by atoms with van der Waals surface area (Å²) in [5, 5.41) is 8.90. The SMILES string of the molecule is COc1ccc(OC(=O)Nc2cccc(-c3nn4c(c3-c3ccncc3)SCCC4)c2)cc1. The highest BCUT2D eigenvalue weighted by Gasteiger charge is 2.23. The molecule has 0 unspecified atom stereocenters. The summed E-state index contributed by atoms with van der Waals surface area (Å²) >= 11 is 1.83. The number of hydrogen-bond donors (Lipinski definition) is 1. The number of ether oxygens (including phenoxy) is 2. The van der Waals surface area contributed by atoms with Gasteiger partial charge in [0, 0.05) is 41.5 Å². The van der Waals surface area contributed by atoms with Crippen molar-refractivity contribution in [1.29, 1.82) is 0 Å². The van der Waals surface area contributed by atoms with E-state index in [0.717, 1.165) is 41.1 Å². The Balaban J connectivity index is 1.42. The van der Waals surface area contributed by atoms with Crippen molar-refractivity contribution >= 4 is 23.5 Å². The molecule has 1 amide bonds. The summed E-state index contributed by atoms with van der Waals surface area (Å²) < 4.78 is 12.6. The summed E-state index contributed by atoms with van der Waals surface area (Å²) in [5.41, 5.74) is 4.61. The van der Waals surface area contributed by atoms with Crippen LogP contribution in [-0.2, 0) is 6.54 Å². The number of amides is 1. The Bertz CT molecular complexity index is 1270. The number of pyridine rings is 1. The predicted octanol–water partition coefficient (Wildman–Crippen LogP) is 5.73. The number of benzene rings is 2. The second-order valence-electron chi connectivity index (χ2n) is 7.46. The van der Waals surface area contributed by atoms with Crippen molar-refractivity contribution in [3.63, 3.8) is 0 Å². The summed E-state index contributed by atoms with van der Waals surface area (Å²) in [6.45, 7) is 0.895. The van der Waals surface area contributed by atoms with Crippen LogP contribution < -0.4 is 14.8 Å². The lowest BCUT2D eigenvalue weighted by molar-refractivity contribution is 0.215. The lowest BCUT2D eigenvalue weighted by atomic mass is 10.0. The largest absolute Gasteiger partial charge is 0.497 e. The van der Waals surface area contributed by atoms with Gasteiger partial charge in [-0.2, -0.15) is 5.10 Å². The standard InChI is InChI=1S/C25H22N4O3S/c1-31-20-6-8-21(9-7-20)32-25(30)27-19-5-2-4-18(16-19)23-22(17-10-12-26-13-11-17)24-29(28-23)14-3-15-33-24/h2,4-13,16H,3,14-15H2,1H3,(H,27,30). The predicted molar refractivity (Wildman–Crippen MR) is 129 cm³/mol. The molecule has 166 valence electrons. The molecule has 7 nitrogen and oxygen atoms in total. The zero-order chi connectivity index (χ0) is 22.6. The number of methoxy groups -OCH3 is 1. The van der Waals surface area contributed by atoms with Gasteiger partial charge in [0.25, 0.3) is 0 Å². The third kappa shape index (κ3) is 4.56. The van der Waals surface area contributed by atoms with Gasteiger partial charge in [0.2, 0.25) is 0 Å². The zero-order valence-electron chi connectivity index (χ0n) is 18.0. The van der Waals surface area contributed by atoms with Crippen molar-refractivity contribution in [2.45, 2.75) is 18.0 Å². The normalized spacial score (nSPS) is 12.6. The fourth-order valence-corrected chi connectivity index (χ4v) is 4.85. The summed E-state index contributed by atoms with van der Waals surface area (Å²) in [7, 11) is 1.59. The van der Waals surface area contributed by atoms with Gasteiger partial charge in [-0.05, 0) is 60.5 Å². The monoisotopic (exact) mass is 458 g/mol. The van der Waals surface area contributed by atoms with Crippen molar-refractivity contribution in [3.05, 3.63) is 73.1 Å². The van der Waals surface area contributed by atoms with E-state index >= 15 is 0 Å². The topological polar surface area (TPSA) is 78.3 Å². The molecule has 2 aromatic heterocycles. The molecule has 0 saturated carbocycles. The molecule has 0 aliphatic carbocycles. The molecular formula is C25H22N4O3S. The zero-order valence-corrected chi connectivity index (χ0v) is 18.8. The van der Waals surface area contributed by atoms with Crippen LogP contribution >= 0.6 is 11.8 Å². The summed E-state index contributed by atoms with van der Waals surface area (Å²) in [6.07, 6.45) is 4.12. The van der Waals surface area contributed by atoms with E-state index in [2.05, 4.69) is 15.0 Å². The van der Waals surface area contributed by atoms with Crippen LogP contribution in [-0.4, -0.2) is 33.7 Å². The first-order chi connectivity index (χ1) is 16.2. The number of nitrogens with zero attached hydrogens (tertiary/aromatic N) is 3. The molecule has 2 aromatic carbocycles. The molecule has 0 bridgehead atoms. The van der Waals surface area contributed by atoms with Crippen LogP contribution in [0.3, 0.4) is 0 Å². The Kier molecular flexibility index (Phi) is 5.99. The van der Waals surface area contributed by atoms with Crippen molar-refractivity contribution in [3.8, 4) is 33.9 Å². The first-order valence-electron chi connectivity index (χ1n) is 10.6. The van der Waals surface area contributed by atoms with Gasteiger partial charge in [-0.15, -0.1) is 11.8 Å². The Morgan fingerprint density at radius 3 is 2.61 bits per heavy atom. The maximum Gasteiger partial charge on any atom is 0.417 e. The lowest BCUT2D eigenvalue weighted by Gasteiger charge is -2.14. The maximum absolute atomic E-state index is 12.4. The summed E-state index contributed by atoms with van der Waals surface area (Å²) in [4.78, 5) is 16.6. The molecule has 3 heterocycles. The van der Waals surface area contributed by atoms with Crippen molar-refractivity contribution in [1.82, 2.24) is 14.8 Å². The van der Waals surface area contributed by atoms with Gasteiger partial charge in [-0.3, -0.25) is 15.0 Å². The van der Waals surface area contributed by atoms with Crippen molar-refractivity contribution in [2.75, 3.05) is 18.2 Å². The highest BCUT2D eigenvalue weighted by atomic mass is 32.2. The van der Waals surface area contributed by atoms with Crippen molar-refractivity contribution in [2.24, 2.45) is 0 Å². The van der Waals surface area contributed by atoms with E-state index in [1.54, 1.807) is 43.8 Å². The first kappa shape index (κ1) is 21.1. The van der Waals surface area contributed by atoms with Crippen LogP contribution in [0.2, 0.25) is 0 Å². The molecule has 4 aromatic rings. The van der Waals surface area contributed by atoms with E-state index in [-0.39, 0.29) is 0 Å². The lowest BCUT2D eigenvalue weighted by Crippen LogP contribution is -2.16. The number of anilines is 1. The number of hydrogen-bond acceptors (Lipinski definition) is 6. The number of thioether (sulfide) groups is 1. The number of carbonyl (C=O) groups is 1. The summed E-state index contributed by atoms with van der Waals surface area (Å²) in [6, 6.07) is 18.5. The van der Waals surface area contributed by atoms with Crippen molar-refractivity contribution < 1.29 is 14.3 Å². The van der Waals surface area contributed by atoms with Gasteiger partial charge < -0.3 is 9.47 Å². The first-order valence-corrected chi connectivity index (χ1v) is 11.6. The quantitative estimate of drug-likeness (QED) is 0.412. The van der Waals surface area contributed by atoms with Crippen LogP contribution in [0, 0.1) is 0 Å². The van der Waals surface area contributed by atoms with Crippen LogP contribution in [0.4, 0.5) is 10.5 Å². The number of aryl methyl sites for hydroxylation is 1. The molecule has 0 radical (unpaired) electrons. The maximum atomic E-state index is 12.4. The van der Waals surface area contributed by atoms with Crippen LogP contribution in [0.25, 0.3) is 22.4 Å². The highest BCUT2D eigenvalue weighted by molar-refractivity contribution is 7.99. The Morgan fingerprint density at radius 2 is 1.82 bits per heavy atom. The minimum atomic E-state index is -0.564.